The number of hydrogen-bond acceptors (Lipinski definition) is 6. The Kier molecular flexibility index (Phi) is 4.58. The molecule has 6 nitrogen and oxygen atoms in total. The van der Waals surface area contributed by atoms with Crippen LogP contribution in [0.3, 0.4) is 0 Å². The van der Waals surface area contributed by atoms with E-state index >= 15 is 0 Å². The van der Waals surface area contributed by atoms with Gasteiger partial charge in [-0.1, -0.05) is 30.3 Å². The summed E-state index contributed by atoms with van der Waals surface area (Å²) in [4.78, 5) is 29.7. The minimum atomic E-state index is -0.484. The minimum absolute atomic E-state index is 0.177. The Morgan fingerprint density at radius 1 is 0.939 bits per heavy atom. The summed E-state index contributed by atoms with van der Waals surface area (Å²) in [5, 5.41) is 1.36. The lowest BCUT2D eigenvalue weighted by Crippen LogP contribution is -2.24. The zero-order valence-electron chi connectivity index (χ0n) is 17.6. The van der Waals surface area contributed by atoms with E-state index in [4.69, 9.17) is 9.47 Å². The van der Waals surface area contributed by atoms with Crippen LogP contribution in [0.5, 0.6) is 11.5 Å². The number of hydrogen-bond donors (Lipinski definition) is 0. The molecule has 1 saturated heterocycles. The van der Waals surface area contributed by atoms with Crippen LogP contribution in [0.2, 0.25) is 0 Å². The number of carbonyl (C=O) groups is 2. The van der Waals surface area contributed by atoms with E-state index in [1.807, 2.05) is 48.7 Å². The van der Waals surface area contributed by atoms with Gasteiger partial charge in [-0.3, -0.25) is 19.5 Å². The molecular formula is C26H18N2O4S. The van der Waals surface area contributed by atoms with E-state index in [9.17, 15) is 9.59 Å². The van der Waals surface area contributed by atoms with Crippen LogP contribution in [0, 0.1) is 0 Å². The summed E-state index contributed by atoms with van der Waals surface area (Å²) in [6.45, 7) is 0.197. The summed E-state index contributed by atoms with van der Waals surface area (Å²) >= 11 is 1.06. The number of nitrogens with zero attached hydrogens (tertiary/aromatic N) is 2. The Morgan fingerprint density at radius 3 is 2.58 bits per heavy atom. The van der Waals surface area contributed by atoms with Crippen LogP contribution in [0.4, 0.5) is 4.79 Å². The van der Waals surface area contributed by atoms with E-state index in [0.717, 1.165) is 56.1 Å². The monoisotopic (exact) mass is 454 g/mol. The van der Waals surface area contributed by atoms with Crippen molar-refractivity contribution in [3.63, 3.8) is 0 Å². The molecule has 0 spiro atoms. The topological polar surface area (TPSA) is 68.7 Å². The van der Waals surface area contributed by atoms with Crippen molar-refractivity contribution >= 4 is 33.7 Å². The van der Waals surface area contributed by atoms with Crippen molar-refractivity contribution in [2.24, 2.45) is 0 Å². The molecule has 3 aromatic carbocycles. The fourth-order valence-electron chi connectivity index (χ4n) is 4.23. The maximum atomic E-state index is 12.4. The van der Waals surface area contributed by atoms with Crippen molar-refractivity contribution in [2.45, 2.75) is 5.25 Å². The molecule has 33 heavy (non-hydrogen) atoms. The van der Waals surface area contributed by atoms with Crippen molar-refractivity contribution in [3.8, 4) is 33.8 Å². The molecule has 0 bridgehead atoms. The fraction of sp³-hybridized carbons (Fsp3) is 0.115. The molecule has 0 N–H and O–H groups in total. The first kappa shape index (κ1) is 19.8. The highest BCUT2D eigenvalue weighted by atomic mass is 32.2. The van der Waals surface area contributed by atoms with Crippen LogP contribution in [0.1, 0.15) is 10.8 Å². The van der Waals surface area contributed by atoms with Crippen molar-refractivity contribution in [2.75, 3.05) is 13.8 Å². The average Bonchev–Trinajstić information content (AvgIpc) is 3.43. The lowest BCUT2D eigenvalue weighted by atomic mass is 9.96. The fourth-order valence-corrected chi connectivity index (χ4v) is 5.22. The molecule has 2 amide bonds. The smallest absolute Gasteiger partial charge is 0.289 e. The van der Waals surface area contributed by atoms with Crippen LogP contribution in [0.15, 0.2) is 73.1 Å². The van der Waals surface area contributed by atoms with Gasteiger partial charge in [-0.15, -0.1) is 0 Å². The molecule has 2 aliphatic heterocycles. The summed E-state index contributed by atoms with van der Waals surface area (Å²) in [7, 11) is 1.52. The van der Waals surface area contributed by atoms with Gasteiger partial charge >= 0.3 is 0 Å². The molecule has 162 valence electrons. The molecule has 1 aromatic heterocycles. The van der Waals surface area contributed by atoms with Crippen molar-refractivity contribution in [3.05, 3.63) is 78.6 Å². The van der Waals surface area contributed by atoms with Gasteiger partial charge in [0.05, 0.1) is 0 Å². The average molecular weight is 455 g/mol. The van der Waals surface area contributed by atoms with Gasteiger partial charge in [-0.25, -0.2) is 0 Å². The summed E-state index contributed by atoms with van der Waals surface area (Å²) in [6.07, 6.45) is 3.56. The van der Waals surface area contributed by atoms with Crippen molar-refractivity contribution < 1.29 is 19.1 Å². The van der Waals surface area contributed by atoms with E-state index in [1.54, 1.807) is 6.20 Å². The largest absolute Gasteiger partial charge is 0.454 e. The molecule has 0 saturated carbocycles. The predicted octanol–water partition coefficient (Wildman–Crippen LogP) is 5.66. The number of rotatable bonds is 3. The Morgan fingerprint density at radius 2 is 1.79 bits per heavy atom. The zero-order chi connectivity index (χ0) is 22.5. The summed E-state index contributed by atoms with van der Waals surface area (Å²) in [6, 6.07) is 20.1. The number of pyridine rings is 1. The van der Waals surface area contributed by atoms with Crippen LogP contribution < -0.4 is 9.47 Å². The molecule has 7 heteroatoms. The Labute approximate surface area is 194 Å². The number of carbonyl (C=O) groups excluding carboxylic acids is 2. The lowest BCUT2D eigenvalue weighted by molar-refractivity contribution is -0.125. The van der Waals surface area contributed by atoms with E-state index < -0.39 is 5.25 Å². The first-order chi connectivity index (χ1) is 16.1. The van der Waals surface area contributed by atoms with Crippen LogP contribution in [0.25, 0.3) is 33.0 Å². The number of imide groups is 1. The van der Waals surface area contributed by atoms with E-state index in [-0.39, 0.29) is 17.9 Å². The maximum Gasteiger partial charge on any atom is 0.289 e. The summed E-state index contributed by atoms with van der Waals surface area (Å²) in [5.41, 5.74) is 4.79. The third-order valence-electron chi connectivity index (χ3n) is 5.99. The van der Waals surface area contributed by atoms with Crippen molar-refractivity contribution in [1.29, 1.82) is 0 Å². The normalized spacial score (nSPS) is 17.2. The molecule has 6 rings (SSSR count). The standard InChI is InChI=1S/C26H18N2O4S/c1-28-25(29)24(33-26(28)30)18-7-6-15-9-17(5-4-16(15)10-18)20-11-21(19-3-2-8-27-13-19)23-22(12-20)31-14-32-23/h2-13,24H,14H2,1H3. The van der Waals surface area contributed by atoms with Gasteiger partial charge in [-0.05, 0) is 69.6 Å². The molecule has 1 atom stereocenters. The molecule has 0 radical (unpaired) electrons. The van der Waals surface area contributed by atoms with Gasteiger partial charge in [-0.2, -0.15) is 0 Å². The van der Waals surface area contributed by atoms with Gasteiger partial charge in [0.15, 0.2) is 11.5 Å². The Bertz CT molecular complexity index is 1440. The highest BCUT2D eigenvalue weighted by Gasteiger charge is 2.38. The molecule has 0 aliphatic carbocycles. The number of aromatic nitrogens is 1. The number of likely N-dealkylation sites (N-methyl/N-ethyl adjacent to an activating group) is 1. The molecule has 1 fully saturated rings. The number of fused-ring (bicyclic) bond motifs is 2. The second-order valence-electron chi connectivity index (χ2n) is 7.98. The Balaban J connectivity index is 1.40. The zero-order valence-corrected chi connectivity index (χ0v) is 18.5. The van der Waals surface area contributed by atoms with Crippen LogP contribution >= 0.6 is 11.8 Å². The first-order valence-electron chi connectivity index (χ1n) is 10.4. The number of ether oxygens (including phenoxy) is 2. The summed E-state index contributed by atoms with van der Waals surface area (Å²) in [5.74, 6) is 1.27. The first-order valence-corrected chi connectivity index (χ1v) is 11.3. The van der Waals surface area contributed by atoms with E-state index in [0.29, 0.717) is 5.75 Å². The molecular weight excluding hydrogens is 436 g/mol. The molecule has 4 aromatic rings. The minimum Gasteiger partial charge on any atom is -0.454 e. The van der Waals surface area contributed by atoms with Gasteiger partial charge in [0.2, 0.25) is 12.7 Å². The number of benzene rings is 3. The maximum absolute atomic E-state index is 12.4. The third kappa shape index (κ3) is 3.32. The third-order valence-corrected chi connectivity index (χ3v) is 7.18. The SMILES string of the molecule is CN1C(=O)SC(c2ccc3cc(-c4cc5c(c(-c6cccnc6)c4)OCO5)ccc3c2)C1=O. The van der Waals surface area contributed by atoms with Crippen LogP contribution in [-0.2, 0) is 4.79 Å². The van der Waals surface area contributed by atoms with E-state index in [2.05, 4.69) is 23.2 Å². The number of amides is 2. The molecule has 2 aliphatic rings. The van der Waals surface area contributed by atoms with Gasteiger partial charge in [0, 0.05) is 30.6 Å². The number of thioether (sulfide) groups is 1. The highest BCUT2D eigenvalue weighted by molar-refractivity contribution is 8.14. The van der Waals surface area contributed by atoms with Crippen LogP contribution in [-0.4, -0.2) is 34.9 Å². The quantitative estimate of drug-likeness (QED) is 0.398. The predicted molar refractivity (Wildman–Crippen MR) is 127 cm³/mol. The lowest BCUT2D eigenvalue weighted by Gasteiger charge is -2.12. The second kappa shape index (κ2) is 7.64. The van der Waals surface area contributed by atoms with Crippen molar-refractivity contribution in [1.82, 2.24) is 9.88 Å². The second-order valence-corrected chi connectivity index (χ2v) is 9.04. The molecule has 1 unspecified atom stereocenters. The summed E-state index contributed by atoms with van der Waals surface area (Å²) < 4.78 is 11.4. The Hall–Kier alpha value is -3.84. The van der Waals surface area contributed by atoms with E-state index in [1.165, 1.54) is 11.9 Å². The van der Waals surface area contributed by atoms with Gasteiger partial charge in [0.1, 0.15) is 5.25 Å². The highest BCUT2D eigenvalue weighted by Crippen LogP contribution is 2.45. The molecule has 3 heterocycles. The van der Waals surface area contributed by atoms with Gasteiger partial charge in [0.25, 0.3) is 5.24 Å². The van der Waals surface area contributed by atoms with Gasteiger partial charge < -0.3 is 9.47 Å².